The first-order valence-corrected chi connectivity index (χ1v) is 10.1. The first-order valence-electron chi connectivity index (χ1n) is 10.1. The number of nitrogens with zero attached hydrogens (tertiary/aromatic N) is 5. The Hall–Kier alpha value is -3.20. The van der Waals surface area contributed by atoms with Gasteiger partial charge in [-0.3, -0.25) is 9.69 Å². The van der Waals surface area contributed by atoms with Crippen molar-refractivity contribution in [2.45, 2.75) is 25.3 Å². The highest BCUT2D eigenvalue weighted by atomic mass is 16.5. The third kappa shape index (κ3) is 3.93. The van der Waals surface area contributed by atoms with Crippen molar-refractivity contribution in [1.29, 1.82) is 0 Å². The zero-order chi connectivity index (χ0) is 20.5. The van der Waals surface area contributed by atoms with E-state index in [2.05, 4.69) is 20.2 Å². The van der Waals surface area contributed by atoms with Gasteiger partial charge in [0.2, 0.25) is 11.7 Å². The Morgan fingerprint density at radius 3 is 2.57 bits per heavy atom. The van der Waals surface area contributed by atoms with Gasteiger partial charge in [-0.2, -0.15) is 4.98 Å². The highest BCUT2D eigenvalue weighted by Gasteiger charge is 2.31. The van der Waals surface area contributed by atoms with Crippen molar-refractivity contribution in [3.05, 3.63) is 47.7 Å². The zero-order valence-corrected chi connectivity index (χ0v) is 16.8. The molecule has 1 saturated carbocycles. The van der Waals surface area contributed by atoms with Crippen molar-refractivity contribution >= 4 is 5.91 Å². The smallest absolute Gasteiger partial charge is 0.276 e. The average Bonchev–Trinajstić information content (AvgIpc) is 3.33. The van der Waals surface area contributed by atoms with Crippen LogP contribution in [0.4, 0.5) is 0 Å². The van der Waals surface area contributed by atoms with Crippen LogP contribution in [0, 0.1) is 0 Å². The molecule has 30 heavy (non-hydrogen) atoms. The monoisotopic (exact) mass is 409 g/mol. The minimum Gasteiger partial charge on any atom is -0.497 e. The fraction of sp³-hybridized carbons (Fsp3) is 0.429. The van der Waals surface area contributed by atoms with Crippen molar-refractivity contribution in [2.75, 3.05) is 33.3 Å². The largest absolute Gasteiger partial charge is 0.497 e. The summed E-state index contributed by atoms with van der Waals surface area (Å²) in [5.74, 6) is 3.12. The van der Waals surface area contributed by atoms with Crippen molar-refractivity contribution in [3.8, 4) is 17.1 Å². The molecule has 156 valence electrons. The Bertz CT molecular complexity index is 1020. The molecule has 0 spiro atoms. The van der Waals surface area contributed by atoms with E-state index in [1.165, 1.54) is 0 Å². The first kappa shape index (κ1) is 18.8. The molecule has 0 N–H and O–H groups in total. The fourth-order valence-electron chi connectivity index (χ4n) is 3.59. The molecule has 2 fully saturated rings. The number of benzene rings is 1. The number of piperazine rings is 1. The van der Waals surface area contributed by atoms with Crippen LogP contribution in [0.3, 0.4) is 0 Å². The van der Waals surface area contributed by atoms with Crippen molar-refractivity contribution in [3.63, 3.8) is 0 Å². The van der Waals surface area contributed by atoms with Gasteiger partial charge >= 0.3 is 0 Å². The van der Waals surface area contributed by atoms with Crippen LogP contribution in [-0.4, -0.2) is 64.3 Å². The molecular formula is C21H23N5O4. The lowest BCUT2D eigenvalue weighted by Crippen LogP contribution is -2.48. The van der Waals surface area contributed by atoms with Gasteiger partial charge in [-0.25, -0.2) is 0 Å². The molecule has 9 nitrogen and oxygen atoms in total. The minimum absolute atomic E-state index is 0.0649. The second-order valence-corrected chi connectivity index (χ2v) is 7.70. The normalized spacial score (nSPS) is 17.3. The van der Waals surface area contributed by atoms with Gasteiger partial charge in [-0.05, 0) is 37.1 Å². The van der Waals surface area contributed by atoms with Gasteiger partial charge in [0.05, 0.1) is 13.7 Å². The molecule has 1 aromatic carbocycles. The van der Waals surface area contributed by atoms with Crippen LogP contribution in [-0.2, 0) is 6.54 Å². The summed E-state index contributed by atoms with van der Waals surface area (Å²) in [6.45, 7) is 3.29. The minimum atomic E-state index is -0.0649. The maximum atomic E-state index is 12.7. The van der Waals surface area contributed by atoms with Gasteiger partial charge in [0, 0.05) is 43.7 Å². The van der Waals surface area contributed by atoms with E-state index < -0.39 is 0 Å². The van der Waals surface area contributed by atoms with E-state index in [1.807, 2.05) is 29.2 Å². The van der Waals surface area contributed by atoms with E-state index in [4.69, 9.17) is 13.8 Å². The molecule has 2 aromatic heterocycles. The van der Waals surface area contributed by atoms with Gasteiger partial charge in [0.15, 0.2) is 5.69 Å². The SMILES string of the molecule is COc1ccc(-c2noc(CN3CCN(C(=O)c4cc(C5CC5)on4)CC3)n2)cc1. The number of hydrogen-bond acceptors (Lipinski definition) is 8. The summed E-state index contributed by atoms with van der Waals surface area (Å²) in [5, 5.41) is 8.04. The van der Waals surface area contributed by atoms with Crippen LogP contribution < -0.4 is 4.74 Å². The van der Waals surface area contributed by atoms with Crippen LogP contribution in [0.15, 0.2) is 39.4 Å². The maximum Gasteiger partial charge on any atom is 0.276 e. The third-order valence-corrected chi connectivity index (χ3v) is 5.56. The van der Waals surface area contributed by atoms with E-state index >= 15 is 0 Å². The van der Waals surface area contributed by atoms with Gasteiger partial charge in [0.25, 0.3) is 5.91 Å². The van der Waals surface area contributed by atoms with Crippen molar-refractivity contribution < 1.29 is 18.6 Å². The summed E-state index contributed by atoms with van der Waals surface area (Å²) in [6.07, 6.45) is 2.24. The molecule has 1 saturated heterocycles. The summed E-state index contributed by atoms with van der Waals surface area (Å²) in [5.41, 5.74) is 1.28. The lowest BCUT2D eigenvalue weighted by molar-refractivity contribution is 0.0605. The predicted molar refractivity (Wildman–Crippen MR) is 106 cm³/mol. The van der Waals surface area contributed by atoms with Crippen LogP contribution >= 0.6 is 0 Å². The molecule has 2 aliphatic rings. The Morgan fingerprint density at radius 2 is 1.87 bits per heavy atom. The van der Waals surface area contributed by atoms with Gasteiger partial charge < -0.3 is 18.7 Å². The lowest BCUT2D eigenvalue weighted by Gasteiger charge is -2.33. The standard InChI is InChI=1S/C21H23N5O4/c1-28-16-6-4-15(5-7-16)20-22-19(30-24-20)13-25-8-10-26(11-9-25)21(27)17-12-18(29-23-17)14-2-3-14/h4-7,12,14H,2-3,8-11,13H2,1H3. The Balaban J connectivity index is 1.15. The molecular weight excluding hydrogens is 386 g/mol. The number of ether oxygens (including phenoxy) is 1. The Kier molecular flexibility index (Phi) is 4.96. The Labute approximate surface area is 173 Å². The third-order valence-electron chi connectivity index (χ3n) is 5.56. The molecule has 0 radical (unpaired) electrons. The van der Waals surface area contributed by atoms with Crippen LogP contribution in [0.5, 0.6) is 5.75 Å². The quantitative estimate of drug-likeness (QED) is 0.613. The number of aromatic nitrogens is 3. The Morgan fingerprint density at radius 1 is 1.10 bits per heavy atom. The highest BCUT2D eigenvalue weighted by Crippen LogP contribution is 2.40. The molecule has 3 heterocycles. The summed E-state index contributed by atoms with van der Waals surface area (Å²) >= 11 is 0. The summed E-state index contributed by atoms with van der Waals surface area (Å²) in [6, 6.07) is 9.33. The molecule has 1 amide bonds. The fourth-order valence-corrected chi connectivity index (χ4v) is 3.59. The van der Waals surface area contributed by atoms with Crippen LogP contribution in [0.25, 0.3) is 11.4 Å². The predicted octanol–water partition coefficient (Wildman–Crippen LogP) is 2.57. The molecule has 9 heteroatoms. The molecule has 0 atom stereocenters. The number of carbonyl (C=O) groups is 1. The maximum absolute atomic E-state index is 12.7. The number of carbonyl (C=O) groups excluding carboxylic acids is 1. The molecule has 3 aromatic rings. The van der Waals surface area contributed by atoms with E-state index in [-0.39, 0.29) is 5.91 Å². The number of rotatable bonds is 6. The summed E-state index contributed by atoms with van der Waals surface area (Å²) < 4.78 is 15.9. The summed E-state index contributed by atoms with van der Waals surface area (Å²) in [7, 11) is 1.63. The lowest BCUT2D eigenvalue weighted by atomic mass is 10.2. The summed E-state index contributed by atoms with van der Waals surface area (Å²) in [4.78, 5) is 21.2. The number of amides is 1. The van der Waals surface area contributed by atoms with E-state index in [9.17, 15) is 4.79 Å². The molecule has 0 unspecified atom stereocenters. The number of hydrogen-bond donors (Lipinski definition) is 0. The highest BCUT2D eigenvalue weighted by molar-refractivity contribution is 5.92. The van der Waals surface area contributed by atoms with Gasteiger partial charge in [0.1, 0.15) is 11.5 Å². The van der Waals surface area contributed by atoms with E-state index in [0.717, 1.165) is 43.0 Å². The van der Waals surface area contributed by atoms with Crippen molar-refractivity contribution in [1.82, 2.24) is 25.1 Å². The molecule has 0 bridgehead atoms. The van der Waals surface area contributed by atoms with Crippen LogP contribution in [0.2, 0.25) is 0 Å². The van der Waals surface area contributed by atoms with E-state index in [1.54, 1.807) is 13.2 Å². The first-order chi connectivity index (χ1) is 14.7. The number of methoxy groups -OCH3 is 1. The van der Waals surface area contributed by atoms with Gasteiger partial charge in [-0.1, -0.05) is 10.3 Å². The van der Waals surface area contributed by atoms with E-state index in [0.29, 0.717) is 43.0 Å². The molecule has 1 aliphatic heterocycles. The molecule has 5 rings (SSSR count). The second kappa shape index (κ2) is 7.91. The topological polar surface area (TPSA) is 97.7 Å². The zero-order valence-electron chi connectivity index (χ0n) is 16.8. The molecule has 1 aliphatic carbocycles. The second-order valence-electron chi connectivity index (χ2n) is 7.70. The van der Waals surface area contributed by atoms with Gasteiger partial charge in [-0.15, -0.1) is 0 Å². The van der Waals surface area contributed by atoms with Crippen molar-refractivity contribution in [2.24, 2.45) is 0 Å². The van der Waals surface area contributed by atoms with Crippen LogP contribution in [0.1, 0.15) is 40.9 Å². The average molecular weight is 409 g/mol.